The van der Waals surface area contributed by atoms with Gasteiger partial charge in [-0.05, 0) is 72.5 Å². The van der Waals surface area contributed by atoms with Crippen molar-refractivity contribution in [2.45, 2.75) is 31.4 Å². The number of aromatic amines is 1. The fourth-order valence-electron chi connectivity index (χ4n) is 4.12. The molecule has 5 rings (SSSR count). The first-order valence-corrected chi connectivity index (χ1v) is 10.7. The molecule has 0 bridgehead atoms. The van der Waals surface area contributed by atoms with Crippen LogP contribution in [0.5, 0.6) is 0 Å². The molecule has 2 aromatic heterocycles. The van der Waals surface area contributed by atoms with Crippen molar-refractivity contribution in [1.82, 2.24) is 25.6 Å². The molecule has 11 heteroatoms. The normalized spacial score (nSPS) is 14.5. The fraction of sp³-hybridized carbons (Fsp3) is 0.208. The Bertz CT molecular complexity index is 1410. The molecular formula is C24H18F4N6O. The quantitative estimate of drug-likeness (QED) is 0.388. The topological polar surface area (TPSA) is 96.5 Å². The standard InChI is InChI=1S/C24H18F4N6O/c1-13-10-14(6-9-29-13)17-4-3-16(12-18(17)21-31-33-34-32-21)30-22(35)23(7-8-23)19-5-2-15(11-20(19)25)24(26,27)28/h2-6,9-12H,7-8H2,1H3,(H,30,35)(H,31,32,33,34). The van der Waals surface area contributed by atoms with Crippen LogP contribution >= 0.6 is 0 Å². The maximum Gasteiger partial charge on any atom is 0.416 e. The number of hydrogen-bond donors (Lipinski definition) is 2. The Morgan fingerprint density at radius 1 is 1.06 bits per heavy atom. The third-order valence-corrected chi connectivity index (χ3v) is 6.07. The zero-order valence-corrected chi connectivity index (χ0v) is 18.3. The van der Waals surface area contributed by atoms with Gasteiger partial charge in [0.25, 0.3) is 0 Å². The Hall–Kier alpha value is -4.15. The molecule has 0 unspecified atom stereocenters. The molecule has 1 aliphatic rings. The Morgan fingerprint density at radius 2 is 1.86 bits per heavy atom. The van der Waals surface area contributed by atoms with Gasteiger partial charge in [0.2, 0.25) is 11.7 Å². The van der Waals surface area contributed by atoms with Gasteiger partial charge in [0, 0.05) is 28.7 Å². The van der Waals surface area contributed by atoms with Crippen LogP contribution in [-0.4, -0.2) is 31.5 Å². The molecule has 0 spiro atoms. The number of benzene rings is 2. The van der Waals surface area contributed by atoms with Gasteiger partial charge in [-0.1, -0.05) is 12.1 Å². The number of halogens is 4. The van der Waals surface area contributed by atoms with E-state index in [9.17, 15) is 22.4 Å². The van der Waals surface area contributed by atoms with E-state index in [2.05, 4.69) is 30.9 Å². The van der Waals surface area contributed by atoms with Crippen LogP contribution in [0.25, 0.3) is 22.5 Å². The lowest BCUT2D eigenvalue weighted by atomic mass is 9.92. The van der Waals surface area contributed by atoms with Crippen molar-refractivity contribution < 1.29 is 22.4 Å². The Labute approximate surface area is 196 Å². The number of anilines is 1. The first-order chi connectivity index (χ1) is 16.7. The van der Waals surface area contributed by atoms with Crippen LogP contribution in [0.2, 0.25) is 0 Å². The van der Waals surface area contributed by atoms with E-state index >= 15 is 0 Å². The van der Waals surface area contributed by atoms with Crippen molar-refractivity contribution in [3.05, 3.63) is 77.4 Å². The number of hydrogen-bond acceptors (Lipinski definition) is 5. The molecule has 2 N–H and O–H groups in total. The van der Waals surface area contributed by atoms with E-state index in [-0.39, 0.29) is 5.56 Å². The maximum absolute atomic E-state index is 14.6. The third kappa shape index (κ3) is 4.25. The summed E-state index contributed by atoms with van der Waals surface area (Å²) in [5.41, 5.74) is 1.09. The van der Waals surface area contributed by atoms with Crippen molar-refractivity contribution in [1.29, 1.82) is 0 Å². The molecule has 0 radical (unpaired) electrons. The molecule has 2 heterocycles. The van der Waals surface area contributed by atoms with E-state index in [1.165, 1.54) is 0 Å². The van der Waals surface area contributed by atoms with Gasteiger partial charge in [-0.3, -0.25) is 9.78 Å². The second-order valence-corrected chi connectivity index (χ2v) is 8.41. The average Bonchev–Trinajstić information content (AvgIpc) is 3.43. The largest absolute Gasteiger partial charge is 0.416 e. The summed E-state index contributed by atoms with van der Waals surface area (Å²) in [6.45, 7) is 1.86. The van der Waals surface area contributed by atoms with Crippen molar-refractivity contribution in [2.24, 2.45) is 0 Å². The summed E-state index contributed by atoms with van der Waals surface area (Å²) in [4.78, 5) is 17.4. The van der Waals surface area contributed by atoms with Gasteiger partial charge in [0.1, 0.15) is 5.82 Å². The highest BCUT2D eigenvalue weighted by atomic mass is 19.4. The van der Waals surface area contributed by atoms with Crippen LogP contribution in [0.15, 0.2) is 54.7 Å². The zero-order chi connectivity index (χ0) is 24.8. The molecule has 35 heavy (non-hydrogen) atoms. The lowest BCUT2D eigenvalue weighted by Gasteiger charge is -2.18. The van der Waals surface area contributed by atoms with Gasteiger partial charge in [0.05, 0.1) is 11.0 Å². The molecule has 1 amide bonds. The van der Waals surface area contributed by atoms with Crippen molar-refractivity contribution in [2.75, 3.05) is 5.32 Å². The van der Waals surface area contributed by atoms with Crippen molar-refractivity contribution in [3.8, 4) is 22.5 Å². The Kier molecular flexibility index (Phi) is 5.34. The number of alkyl halides is 3. The highest BCUT2D eigenvalue weighted by Gasteiger charge is 2.53. The minimum Gasteiger partial charge on any atom is -0.325 e. The third-order valence-electron chi connectivity index (χ3n) is 6.07. The number of pyridine rings is 1. The van der Waals surface area contributed by atoms with E-state index in [4.69, 9.17) is 0 Å². The number of H-pyrrole nitrogens is 1. The van der Waals surface area contributed by atoms with Crippen LogP contribution < -0.4 is 5.32 Å². The number of tetrazole rings is 1. The second kappa shape index (κ2) is 8.26. The molecule has 1 saturated carbocycles. The number of nitrogens with one attached hydrogen (secondary N) is 2. The van der Waals surface area contributed by atoms with Gasteiger partial charge in [0.15, 0.2) is 0 Å². The van der Waals surface area contributed by atoms with Crippen LogP contribution in [0.3, 0.4) is 0 Å². The van der Waals surface area contributed by atoms with E-state index in [1.54, 1.807) is 24.4 Å². The molecule has 178 valence electrons. The lowest BCUT2D eigenvalue weighted by molar-refractivity contribution is -0.137. The summed E-state index contributed by atoms with van der Waals surface area (Å²) < 4.78 is 53.4. The number of amides is 1. The number of nitrogens with zero attached hydrogens (tertiary/aromatic N) is 4. The van der Waals surface area contributed by atoms with Crippen LogP contribution in [0.4, 0.5) is 23.2 Å². The van der Waals surface area contributed by atoms with E-state index in [1.807, 2.05) is 19.1 Å². The Morgan fingerprint density at radius 3 is 2.49 bits per heavy atom. The molecule has 0 atom stereocenters. The summed E-state index contributed by atoms with van der Waals surface area (Å²) in [6.07, 6.45) is -2.34. The molecular weight excluding hydrogens is 464 g/mol. The van der Waals surface area contributed by atoms with E-state index in [0.29, 0.717) is 36.0 Å². The lowest BCUT2D eigenvalue weighted by Crippen LogP contribution is -2.29. The summed E-state index contributed by atoms with van der Waals surface area (Å²) in [5, 5.41) is 16.9. The summed E-state index contributed by atoms with van der Waals surface area (Å²) in [5.74, 6) is -1.24. The smallest absolute Gasteiger partial charge is 0.325 e. The van der Waals surface area contributed by atoms with Gasteiger partial charge in [-0.2, -0.15) is 18.4 Å². The summed E-state index contributed by atoms with van der Waals surface area (Å²) >= 11 is 0. The maximum atomic E-state index is 14.6. The number of rotatable bonds is 5. The molecule has 7 nitrogen and oxygen atoms in total. The minimum absolute atomic E-state index is 0.0507. The van der Waals surface area contributed by atoms with Gasteiger partial charge >= 0.3 is 6.18 Å². The molecule has 2 aromatic carbocycles. The molecule has 4 aromatic rings. The van der Waals surface area contributed by atoms with Crippen molar-refractivity contribution >= 4 is 11.6 Å². The fourth-order valence-corrected chi connectivity index (χ4v) is 4.12. The molecule has 1 aliphatic carbocycles. The van der Waals surface area contributed by atoms with E-state index < -0.39 is 28.9 Å². The van der Waals surface area contributed by atoms with Crippen LogP contribution in [-0.2, 0) is 16.4 Å². The predicted octanol–water partition coefficient (Wildman–Crippen LogP) is 5.07. The van der Waals surface area contributed by atoms with Gasteiger partial charge < -0.3 is 5.32 Å². The monoisotopic (exact) mass is 482 g/mol. The zero-order valence-electron chi connectivity index (χ0n) is 18.3. The summed E-state index contributed by atoms with van der Waals surface area (Å²) in [7, 11) is 0. The highest BCUT2D eigenvalue weighted by molar-refractivity contribution is 6.02. The molecule has 1 fully saturated rings. The SMILES string of the molecule is Cc1cc(-c2ccc(NC(=O)C3(c4ccc(C(F)(F)F)cc4F)CC3)cc2-c2nn[nH]n2)ccn1. The highest BCUT2D eigenvalue weighted by Crippen LogP contribution is 2.50. The number of aryl methyl sites for hydroxylation is 1. The van der Waals surface area contributed by atoms with Crippen LogP contribution in [0, 0.1) is 12.7 Å². The number of aromatic nitrogens is 5. The first-order valence-electron chi connectivity index (χ1n) is 10.7. The molecule has 0 saturated heterocycles. The van der Waals surface area contributed by atoms with Crippen LogP contribution in [0.1, 0.15) is 29.7 Å². The molecule has 0 aliphatic heterocycles. The van der Waals surface area contributed by atoms with Gasteiger partial charge in [-0.25, -0.2) is 4.39 Å². The number of carbonyl (C=O) groups excluding carboxylic acids is 1. The number of carbonyl (C=O) groups is 1. The average molecular weight is 482 g/mol. The minimum atomic E-state index is -4.67. The van der Waals surface area contributed by atoms with Crippen molar-refractivity contribution in [3.63, 3.8) is 0 Å². The Balaban J connectivity index is 1.47. The first kappa shape index (κ1) is 22.6. The van der Waals surface area contributed by atoms with Gasteiger partial charge in [-0.15, -0.1) is 10.2 Å². The predicted molar refractivity (Wildman–Crippen MR) is 119 cm³/mol. The van der Waals surface area contributed by atoms with E-state index in [0.717, 1.165) is 29.0 Å². The second-order valence-electron chi connectivity index (χ2n) is 8.41. The summed E-state index contributed by atoms with van der Waals surface area (Å²) in [6, 6.07) is 11.1.